The fourth-order valence-corrected chi connectivity index (χ4v) is 2.15. The van der Waals surface area contributed by atoms with E-state index < -0.39 is 0 Å². The molecule has 0 radical (unpaired) electrons. The standard InChI is InChI=1S/C16H20FN3O/c1-11(2)10-20-16(21)13(9-18-3)8-15(19-20)12-4-6-14(17)7-5-12/h4-8,11,18H,9-10H2,1-3H3. The number of halogens is 1. The van der Waals surface area contributed by atoms with Crippen molar-refractivity contribution < 1.29 is 4.39 Å². The Morgan fingerprint density at radius 2 is 1.95 bits per heavy atom. The number of aromatic nitrogens is 2. The molecule has 0 saturated carbocycles. The first kappa shape index (κ1) is 15.4. The fraction of sp³-hybridized carbons (Fsp3) is 0.375. The van der Waals surface area contributed by atoms with Crippen molar-refractivity contribution in [2.75, 3.05) is 7.05 Å². The van der Waals surface area contributed by atoms with E-state index in [2.05, 4.69) is 10.4 Å². The fourth-order valence-electron chi connectivity index (χ4n) is 2.15. The van der Waals surface area contributed by atoms with Crippen LogP contribution >= 0.6 is 0 Å². The van der Waals surface area contributed by atoms with Gasteiger partial charge in [-0.05, 0) is 43.3 Å². The lowest BCUT2D eigenvalue weighted by Crippen LogP contribution is -2.30. The molecule has 0 fully saturated rings. The van der Waals surface area contributed by atoms with Gasteiger partial charge in [0.05, 0.1) is 5.69 Å². The van der Waals surface area contributed by atoms with Gasteiger partial charge in [-0.3, -0.25) is 4.79 Å². The zero-order valence-electron chi connectivity index (χ0n) is 12.6. The maximum absolute atomic E-state index is 13.0. The number of rotatable bonds is 5. The maximum Gasteiger partial charge on any atom is 0.271 e. The Bertz CT molecular complexity index is 662. The van der Waals surface area contributed by atoms with Crippen LogP contribution in [0.5, 0.6) is 0 Å². The highest BCUT2D eigenvalue weighted by Gasteiger charge is 2.10. The Morgan fingerprint density at radius 3 is 2.52 bits per heavy atom. The van der Waals surface area contributed by atoms with Crippen LogP contribution in [0.4, 0.5) is 4.39 Å². The number of benzene rings is 1. The predicted octanol–water partition coefficient (Wildman–Crippen LogP) is 2.42. The zero-order chi connectivity index (χ0) is 15.4. The van der Waals surface area contributed by atoms with Gasteiger partial charge in [-0.1, -0.05) is 13.8 Å². The lowest BCUT2D eigenvalue weighted by molar-refractivity contribution is 0.461. The van der Waals surface area contributed by atoms with Gasteiger partial charge in [0.1, 0.15) is 5.82 Å². The van der Waals surface area contributed by atoms with Gasteiger partial charge in [-0.2, -0.15) is 5.10 Å². The second-order valence-corrected chi connectivity index (χ2v) is 5.47. The molecule has 21 heavy (non-hydrogen) atoms. The summed E-state index contributed by atoms with van der Waals surface area (Å²) in [6.07, 6.45) is 0. The molecule has 1 aromatic carbocycles. The van der Waals surface area contributed by atoms with Gasteiger partial charge in [0.2, 0.25) is 0 Å². The van der Waals surface area contributed by atoms with Crippen molar-refractivity contribution >= 4 is 0 Å². The van der Waals surface area contributed by atoms with Gasteiger partial charge < -0.3 is 5.32 Å². The maximum atomic E-state index is 13.0. The van der Waals surface area contributed by atoms with Gasteiger partial charge in [0, 0.05) is 24.2 Å². The molecular weight excluding hydrogens is 269 g/mol. The third-order valence-corrected chi connectivity index (χ3v) is 3.09. The van der Waals surface area contributed by atoms with Crippen molar-refractivity contribution in [3.8, 4) is 11.3 Å². The van der Waals surface area contributed by atoms with Crippen LogP contribution in [0.25, 0.3) is 11.3 Å². The quantitative estimate of drug-likeness (QED) is 0.919. The Kier molecular flexibility index (Phi) is 4.85. The van der Waals surface area contributed by atoms with Crippen LogP contribution in [0, 0.1) is 11.7 Å². The summed E-state index contributed by atoms with van der Waals surface area (Å²) < 4.78 is 14.5. The molecule has 112 valence electrons. The minimum Gasteiger partial charge on any atom is -0.315 e. The SMILES string of the molecule is CNCc1cc(-c2ccc(F)cc2)nn(CC(C)C)c1=O. The summed E-state index contributed by atoms with van der Waals surface area (Å²) in [5.74, 6) is 0.0332. The summed E-state index contributed by atoms with van der Waals surface area (Å²) in [6, 6.07) is 7.90. The molecular formula is C16H20FN3O. The molecule has 0 amide bonds. The van der Waals surface area contributed by atoms with Crippen LogP contribution in [0.1, 0.15) is 19.4 Å². The first-order valence-corrected chi connectivity index (χ1v) is 7.03. The number of nitrogens with one attached hydrogen (secondary N) is 1. The number of nitrogens with zero attached hydrogens (tertiary/aromatic N) is 2. The highest BCUT2D eigenvalue weighted by Crippen LogP contribution is 2.17. The molecule has 2 aromatic rings. The number of hydrogen-bond donors (Lipinski definition) is 1. The van der Waals surface area contributed by atoms with Crippen molar-refractivity contribution in [1.29, 1.82) is 0 Å². The topological polar surface area (TPSA) is 46.9 Å². The molecule has 0 atom stereocenters. The monoisotopic (exact) mass is 289 g/mol. The van der Waals surface area contributed by atoms with Crippen molar-refractivity contribution in [1.82, 2.24) is 15.1 Å². The van der Waals surface area contributed by atoms with Crippen LogP contribution in [0.3, 0.4) is 0 Å². The molecule has 0 aliphatic carbocycles. The van der Waals surface area contributed by atoms with Crippen molar-refractivity contribution in [3.05, 3.63) is 52.1 Å². The van der Waals surface area contributed by atoms with Gasteiger partial charge in [0.15, 0.2) is 0 Å². The van der Waals surface area contributed by atoms with E-state index in [1.165, 1.54) is 16.8 Å². The highest BCUT2D eigenvalue weighted by molar-refractivity contribution is 5.58. The van der Waals surface area contributed by atoms with Crippen LogP contribution in [0.2, 0.25) is 0 Å². The molecule has 0 saturated heterocycles. The van der Waals surface area contributed by atoms with E-state index in [-0.39, 0.29) is 11.4 Å². The molecule has 5 heteroatoms. The molecule has 4 nitrogen and oxygen atoms in total. The molecule has 1 N–H and O–H groups in total. The zero-order valence-corrected chi connectivity index (χ0v) is 12.6. The van der Waals surface area contributed by atoms with Crippen LogP contribution in [-0.2, 0) is 13.1 Å². The van der Waals surface area contributed by atoms with E-state index in [0.717, 1.165) is 5.56 Å². The lowest BCUT2D eigenvalue weighted by Gasteiger charge is -2.12. The first-order valence-electron chi connectivity index (χ1n) is 7.03. The third kappa shape index (κ3) is 3.76. The Balaban J connectivity index is 2.52. The van der Waals surface area contributed by atoms with Crippen molar-refractivity contribution in [2.45, 2.75) is 26.9 Å². The third-order valence-electron chi connectivity index (χ3n) is 3.09. The summed E-state index contributed by atoms with van der Waals surface area (Å²) in [5.41, 5.74) is 2.06. The molecule has 0 aliphatic heterocycles. The van der Waals surface area contributed by atoms with E-state index in [9.17, 15) is 9.18 Å². The average Bonchev–Trinajstić information content (AvgIpc) is 2.43. The lowest BCUT2D eigenvalue weighted by atomic mass is 10.1. The minimum absolute atomic E-state index is 0.0797. The minimum atomic E-state index is -0.287. The summed E-state index contributed by atoms with van der Waals surface area (Å²) in [5, 5.41) is 7.40. The molecule has 2 rings (SSSR count). The smallest absolute Gasteiger partial charge is 0.271 e. The summed E-state index contributed by atoms with van der Waals surface area (Å²) in [4.78, 5) is 12.3. The summed E-state index contributed by atoms with van der Waals surface area (Å²) in [6.45, 7) is 5.12. The van der Waals surface area contributed by atoms with E-state index >= 15 is 0 Å². The molecule has 0 aliphatic rings. The second-order valence-electron chi connectivity index (χ2n) is 5.47. The Labute approximate surface area is 123 Å². The van der Waals surface area contributed by atoms with Gasteiger partial charge in [-0.15, -0.1) is 0 Å². The summed E-state index contributed by atoms with van der Waals surface area (Å²) >= 11 is 0. The predicted molar refractivity (Wildman–Crippen MR) is 81.5 cm³/mol. The van der Waals surface area contributed by atoms with Crippen LogP contribution in [-0.4, -0.2) is 16.8 Å². The molecule has 1 aromatic heterocycles. The molecule has 1 heterocycles. The van der Waals surface area contributed by atoms with E-state index in [1.54, 1.807) is 25.2 Å². The van der Waals surface area contributed by atoms with E-state index in [4.69, 9.17) is 0 Å². The normalized spacial score (nSPS) is 11.1. The van der Waals surface area contributed by atoms with Crippen LogP contribution in [0.15, 0.2) is 35.1 Å². The number of hydrogen-bond acceptors (Lipinski definition) is 3. The van der Waals surface area contributed by atoms with Gasteiger partial charge in [-0.25, -0.2) is 9.07 Å². The van der Waals surface area contributed by atoms with E-state index in [1.807, 2.05) is 13.8 Å². The molecule has 0 spiro atoms. The summed E-state index contributed by atoms with van der Waals surface area (Å²) in [7, 11) is 1.80. The van der Waals surface area contributed by atoms with Gasteiger partial charge >= 0.3 is 0 Å². The Hall–Kier alpha value is -2.01. The molecule has 0 bridgehead atoms. The van der Waals surface area contributed by atoms with Crippen molar-refractivity contribution in [3.63, 3.8) is 0 Å². The average molecular weight is 289 g/mol. The first-order chi connectivity index (χ1) is 10.0. The Morgan fingerprint density at radius 1 is 1.29 bits per heavy atom. The van der Waals surface area contributed by atoms with E-state index in [0.29, 0.717) is 30.3 Å². The second kappa shape index (κ2) is 6.63. The van der Waals surface area contributed by atoms with Crippen LogP contribution < -0.4 is 10.9 Å². The highest BCUT2D eigenvalue weighted by atomic mass is 19.1. The molecule has 0 unspecified atom stereocenters. The van der Waals surface area contributed by atoms with Gasteiger partial charge in [0.25, 0.3) is 5.56 Å². The largest absolute Gasteiger partial charge is 0.315 e. The van der Waals surface area contributed by atoms with Crippen molar-refractivity contribution in [2.24, 2.45) is 5.92 Å².